The number of benzene rings is 1. The zero-order valence-corrected chi connectivity index (χ0v) is 14.1. The van der Waals surface area contributed by atoms with E-state index in [0.29, 0.717) is 5.56 Å². The third kappa shape index (κ3) is 3.53. The van der Waals surface area contributed by atoms with Crippen molar-refractivity contribution in [1.82, 2.24) is 9.62 Å². The van der Waals surface area contributed by atoms with Crippen molar-refractivity contribution < 1.29 is 22.7 Å². The van der Waals surface area contributed by atoms with E-state index in [0.717, 1.165) is 9.87 Å². The van der Waals surface area contributed by atoms with Crippen molar-refractivity contribution in [1.29, 1.82) is 0 Å². The Bertz CT molecular complexity index is 729. The second-order valence-electron chi connectivity index (χ2n) is 5.47. The fourth-order valence-electron chi connectivity index (χ4n) is 2.53. The standard InChI is InChI=1S/C15H20N2O5S/c1-10-4-5-11(2)13(8-10)23(20,21)17-7-6-16-15(19)12(17)9-14(18)22-3/h4-5,8,12H,6-7,9H2,1-3H3,(H,16,19)/t12-/m0/s1. The minimum atomic E-state index is -3.89. The van der Waals surface area contributed by atoms with Crippen molar-refractivity contribution in [3.8, 4) is 0 Å². The molecule has 1 atom stereocenters. The van der Waals surface area contributed by atoms with Gasteiger partial charge in [0.25, 0.3) is 0 Å². The number of esters is 1. The predicted molar refractivity (Wildman–Crippen MR) is 83.2 cm³/mol. The van der Waals surface area contributed by atoms with E-state index in [1.165, 1.54) is 7.11 Å². The van der Waals surface area contributed by atoms with E-state index in [4.69, 9.17) is 0 Å². The molecule has 0 bridgehead atoms. The van der Waals surface area contributed by atoms with Crippen LogP contribution in [0.1, 0.15) is 17.5 Å². The van der Waals surface area contributed by atoms with Gasteiger partial charge in [-0.15, -0.1) is 0 Å². The van der Waals surface area contributed by atoms with Crippen LogP contribution in [0.2, 0.25) is 0 Å². The maximum absolute atomic E-state index is 13.0. The second-order valence-corrected chi connectivity index (χ2v) is 7.33. The molecule has 0 radical (unpaired) electrons. The number of hydrogen-bond donors (Lipinski definition) is 1. The number of nitrogens with zero attached hydrogens (tertiary/aromatic N) is 1. The summed E-state index contributed by atoms with van der Waals surface area (Å²) in [6.07, 6.45) is -0.313. The van der Waals surface area contributed by atoms with E-state index in [2.05, 4.69) is 10.1 Å². The van der Waals surface area contributed by atoms with Crippen molar-refractivity contribution in [2.24, 2.45) is 0 Å². The van der Waals surface area contributed by atoms with Crippen molar-refractivity contribution in [3.05, 3.63) is 29.3 Å². The molecule has 1 heterocycles. The summed E-state index contributed by atoms with van der Waals surface area (Å²) in [5.41, 5.74) is 1.40. The average molecular weight is 340 g/mol. The summed E-state index contributed by atoms with van der Waals surface area (Å²) in [5.74, 6) is -1.12. The summed E-state index contributed by atoms with van der Waals surface area (Å²) in [7, 11) is -2.69. The molecule has 0 aromatic heterocycles. The lowest BCUT2D eigenvalue weighted by Gasteiger charge is -2.33. The molecule has 1 aromatic carbocycles. The number of carbonyl (C=O) groups is 2. The number of hydrogen-bond acceptors (Lipinski definition) is 5. The van der Waals surface area contributed by atoms with Gasteiger partial charge >= 0.3 is 5.97 Å². The minimum Gasteiger partial charge on any atom is -0.469 e. The molecular formula is C15H20N2O5S. The van der Waals surface area contributed by atoms with Gasteiger partial charge in [0.1, 0.15) is 6.04 Å². The SMILES string of the molecule is COC(=O)C[C@H]1C(=O)NCCN1S(=O)(=O)c1cc(C)ccc1C. The number of carbonyl (C=O) groups excluding carboxylic acids is 2. The van der Waals surface area contributed by atoms with Gasteiger partial charge < -0.3 is 10.1 Å². The van der Waals surface area contributed by atoms with Gasteiger partial charge in [0, 0.05) is 13.1 Å². The normalized spacial score (nSPS) is 19.3. The quantitative estimate of drug-likeness (QED) is 0.799. The predicted octanol–water partition coefficient (Wildman–Crippen LogP) is 0.356. The molecule has 1 N–H and O–H groups in total. The molecule has 0 spiro atoms. The number of amides is 1. The van der Waals surface area contributed by atoms with E-state index in [1.54, 1.807) is 26.0 Å². The first-order chi connectivity index (χ1) is 10.8. The fourth-order valence-corrected chi connectivity index (χ4v) is 4.43. The van der Waals surface area contributed by atoms with E-state index >= 15 is 0 Å². The number of sulfonamides is 1. The molecule has 0 aliphatic carbocycles. The first kappa shape index (κ1) is 17.4. The number of rotatable bonds is 4. The highest BCUT2D eigenvalue weighted by Gasteiger charge is 2.40. The number of piperazine rings is 1. The van der Waals surface area contributed by atoms with E-state index < -0.39 is 27.9 Å². The van der Waals surface area contributed by atoms with Gasteiger partial charge in [-0.1, -0.05) is 12.1 Å². The molecule has 1 amide bonds. The lowest BCUT2D eigenvalue weighted by molar-refractivity contribution is -0.144. The third-order valence-corrected chi connectivity index (χ3v) is 5.85. The monoisotopic (exact) mass is 340 g/mol. The Morgan fingerprint density at radius 2 is 2.09 bits per heavy atom. The van der Waals surface area contributed by atoms with Gasteiger partial charge in [0.15, 0.2) is 0 Å². The highest BCUT2D eigenvalue weighted by molar-refractivity contribution is 7.89. The number of aryl methyl sites for hydroxylation is 2. The topological polar surface area (TPSA) is 92.8 Å². The molecule has 0 unspecified atom stereocenters. The van der Waals surface area contributed by atoms with Crippen LogP contribution in [0.5, 0.6) is 0 Å². The summed E-state index contributed by atoms with van der Waals surface area (Å²) in [6.45, 7) is 3.82. The van der Waals surface area contributed by atoms with Crippen LogP contribution in [0.25, 0.3) is 0 Å². The molecule has 7 nitrogen and oxygen atoms in total. The summed E-state index contributed by atoms with van der Waals surface area (Å²) in [6, 6.07) is 4.03. The minimum absolute atomic E-state index is 0.114. The molecule has 1 fully saturated rings. The number of ether oxygens (including phenoxy) is 1. The van der Waals surface area contributed by atoms with Crippen molar-refractivity contribution in [2.75, 3.05) is 20.2 Å². The Labute approximate surface area is 135 Å². The molecule has 1 aromatic rings. The van der Waals surface area contributed by atoms with Gasteiger partial charge in [-0.3, -0.25) is 9.59 Å². The van der Waals surface area contributed by atoms with E-state index in [1.807, 2.05) is 6.07 Å². The Kier molecular flexibility index (Phi) is 5.06. The molecule has 1 aliphatic rings. The first-order valence-electron chi connectivity index (χ1n) is 7.21. The molecule has 126 valence electrons. The molecule has 2 rings (SSSR count). The van der Waals surface area contributed by atoms with Gasteiger partial charge in [-0.25, -0.2) is 8.42 Å². The third-order valence-electron chi connectivity index (χ3n) is 3.80. The van der Waals surface area contributed by atoms with Gasteiger partial charge in [0.2, 0.25) is 15.9 Å². The lowest BCUT2D eigenvalue weighted by atomic mass is 10.1. The molecular weight excluding hydrogens is 320 g/mol. The maximum Gasteiger partial charge on any atom is 0.307 e. The molecule has 0 saturated carbocycles. The van der Waals surface area contributed by atoms with Crippen LogP contribution < -0.4 is 5.32 Å². The van der Waals surface area contributed by atoms with Crippen LogP contribution >= 0.6 is 0 Å². The summed E-state index contributed by atoms with van der Waals surface area (Å²) in [4.78, 5) is 23.7. The Morgan fingerprint density at radius 3 is 2.74 bits per heavy atom. The smallest absolute Gasteiger partial charge is 0.307 e. The van der Waals surface area contributed by atoms with Crippen molar-refractivity contribution >= 4 is 21.9 Å². The van der Waals surface area contributed by atoms with Gasteiger partial charge in [-0.05, 0) is 31.0 Å². The van der Waals surface area contributed by atoms with Gasteiger partial charge in [-0.2, -0.15) is 4.31 Å². The van der Waals surface area contributed by atoms with Crippen LogP contribution in [-0.4, -0.2) is 50.8 Å². The van der Waals surface area contributed by atoms with Crippen LogP contribution in [-0.2, 0) is 24.3 Å². The number of nitrogens with one attached hydrogen (secondary N) is 1. The molecule has 1 aliphatic heterocycles. The van der Waals surface area contributed by atoms with Crippen LogP contribution in [0, 0.1) is 13.8 Å². The van der Waals surface area contributed by atoms with Crippen LogP contribution in [0.4, 0.5) is 0 Å². The molecule has 8 heteroatoms. The summed E-state index contributed by atoms with van der Waals surface area (Å²) < 4.78 is 31.6. The molecule has 1 saturated heterocycles. The van der Waals surface area contributed by atoms with Crippen molar-refractivity contribution in [3.63, 3.8) is 0 Å². The summed E-state index contributed by atoms with van der Waals surface area (Å²) in [5, 5.41) is 2.59. The van der Waals surface area contributed by atoms with Gasteiger partial charge in [0.05, 0.1) is 18.4 Å². The Morgan fingerprint density at radius 1 is 1.39 bits per heavy atom. The molecule has 23 heavy (non-hydrogen) atoms. The highest BCUT2D eigenvalue weighted by atomic mass is 32.2. The van der Waals surface area contributed by atoms with Crippen LogP contribution in [0.15, 0.2) is 23.1 Å². The zero-order valence-electron chi connectivity index (χ0n) is 13.3. The first-order valence-corrected chi connectivity index (χ1v) is 8.65. The van der Waals surface area contributed by atoms with E-state index in [9.17, 15) is 18.0 Å². The maximum atomic E-state index is 13.0. The highest BCUT2D eigenvalue weighted by Crippen LogP contribution is 2.25. The Balaban J connectivity index is 2.44. The second kappa shape index (κ2) is 6.67. The summed E-state index contributed by atoms with van der Waals surface area (Å²) >= 11 is 0. The zero-order chi connectivity index (χ0) is 17.2. The Hall–Kier alpha value is -1.93. The number of methoxy groups -OCH3 is 1. The van der Waals surface area contributed by atoms with Crippen LogP contribution in [0.3, 0.4) is 0 Å². The van der Waals surface area contributed by atoms with Crippen molar-refractivity contribution in [2.45, 2.75) is 31.2 Å². The van der Waals surface area contributed by atoms with E-state index in [-0.39, 0.29) is 24.4 Å². The fraction of sp³-hybridized carbons (Fsp3) is 0.467. The largest absolute Gasteiger partial charge is 0.469 e. The lowest BCUT2D eigenvalue weighted by Crippen LogP contribution is -2.57. The average Bonchev–Trinajstić information content (AvgIpc) is 2.51.